The van der Waals surface area contributed by atoms with Crippen LogP contribution in [0.4, 0.5) is 5.69 Å². The normalized spacial score (nSPS) is 15.6. The number of carbonyl (C=O) groups excluding carboxylic acids is 1. The average Bonchev–Trinajstić information content (AvgIpc) is 2.64. The van der Waals surface area contributed by atoms with Gasteiger partial charge in [-0.25, -0.2) is 4.79 Å². The molecule has 1 heterocycles. The molecule has 0 radical (unpaired) electrons. The van der Waals surface area contributed by atoms with Gasteiger partial charge in [-0.15, -0.1) is 0 Å². The van der Waals surface area contributed by atoms with Crippen LogP contribution in [0.3, 0.4) is 0 Å². The molecular weight excluding hydrogens is 382 g/mol. The molecule has 3 rings (SSSR count). The van der Waals surface area contributed by atoms with Gasteiger partial charge in [0.2, 0.25) is 6.04 Å². The molecule has 8 heteroatoms. The molecule has 0 fully saturated rings. The molecule has 5 nitrogen and oxygen atoms in total. The van der Waals surface area contributed by atoms with Crippen molar-refractivity contribution in [3.63, 3.8) is 0 Å². The zero-order chi connectivity index (χ0) is 15.7. The number of benzene rings is 2. The third-order valence-electron chi connectivity index (χ3n) is 3.28. The third kappa shape index (κ3) is 5.08. The fraction of sp³-hybridized carbons (Fsp3) is 0.0625. The summed E-state index contributed by atoms with van der Waals surface area (Å²) in [7, 11) is 0. The van der Waals surface area contributed by atoms with E-state index >= 15 is 0 Å². The molecule has 1 aliphatic heterocycles. The van der Waals surface area contributed by atoms with Crippen LogP contribution in [0.2, 0.25) is 5.02 Å². The summed E-state index contributed by atoms with van der Waals surface area (Å²) >= 11 is 6.03. The number of carboxylic acid groups (broad SMARTS) is 1. The second-order valence-corrected chi connectivity index (χ2v) is 5.20. The van der Waals surface area contributed by atoms with Gasteiger partial charge in [-0.2, -0.15) is 0 Å². The van der Waals surface area contributed by atoms with Crippen LogP contribution in [0, 0.1) is 0 Å². The summed E-state index contributed by atoms with van der Waals surface area (Å²) in [5, 5.41) is 12.3. The van der Waals surface area contributed by atoms with Crippen LogP contribution < -0.4 is 5.32 Å². The Bertz CT molecular complexity index is 797. The molecule has 0 aliphatic carbocycles. The Morgan fingerprint density at radius 3 is 2.42 bits per heavy atom. The van der Waals surface area contributed by atoms with Crippen molar-refractivity contribution in [3.05, 3.63) is 64.7 Å². The molecule has 0 bridgehead atoms. The first-order valence-electron chi connectivity index (χ1n) is 6.53. The molecule has 24 heavy (non-hydrogen) atoms. The number of aliphatic carboxylic acids is 1. The average molecular weight is 395 g/mol. The molecule has 0 spiro atoms. The van der Waals surface area contributed by atoms with Gasteiger partial charge in [0.15, 0.2) is 0 Å². The number of nitrogens with one attached hydrogen (secondary N) is 1. The van der Waals surface area contributed by atoms with E-state index < -0.39 is 17.9 Å². The summed E-state index contributed by atoms with van der Waals surface area (Å²) in [6.45, 7) is 0. The number of hydrogen-bond acceptors (Lipinski definition) is 3. The second-order valence-electron chi connectivity index (χ2n) is 4.76. The Hall–Kier alpha value is 0.613. The summed E-state index contributed by atoms with van der Waals surface area (Å²) in [5.41, 5.74) is 2.22. The number of carbonyl (C=O) groups is 2. The van der Waals surface area contributed by atoms with Gasteiger partial charge in [0.1, 0.15) is 0 Å². The van der Waals surface area contributed by atoms with E-state index in [0.29, 0.717) is 27.5 Å². The van der Waals surface area contributed by atoms with Gasteiger partial charge in [0, 0.05) is 16.1 Å². The first-order chi connectivity index (χ1) is 10.6. The van der Waals surface area contributed by atoms with Gasteiger partial charge < -0.3 is 10.4 Å². The van der Waals surface area contributed by atoms with Gasteiger partial charge >= 0.3 is 109 Å². The molecule has 2 aromatic rings. The van der Waals surface area contributed by atoms with E-state index in [1.54, 1.807) is 30.3 Å². The van der Waals surface area contributed by atoms with Gasteiger partial charge in [0.25, 0.3) is 5.91 Å². The SMILES string of the molecule is O=C(O)C1N=C(c2ccccc2)c2cc(Cl)ccc2NC1=O.[KH].[KH]. The van der Waals surface area contributed by atoms with Crippen LogP contribution in [0.5, 0.6) is 0 Å². The Morgan fingerprint density at radius 2 is 1.79 bits per heavy atom. The molecule has 114 valence electrons. The summed E-state index contributed by atoms with van der Waals surface area (Å²) in [6.07, 6.45) is 0. The molecule has 1 aliphatic rings. The van der Waals surface area contributed by atoms with Crippen molar-refractivity contribution >= 4 is 138 Å². The number of hydrogen-bond donors (Lipinski definition) is 2. The second kappa shape index (κ2) is 10.1. The number of carboxylic acids is 1. The van der Waals surface area contributed by atoms with E-state index in [9.17, 15) is 14.7 Å². The fourth-order valence-electron chi connectivity index (χ4n) is 2.27. The number of halogens is 1. The van der Waals surface area contributed by atoms with Gasteiger partial charge in [-0.05, 0) is 18.2 Å². The maximum absolute atomic E-state index is 12.0. The molecule has 0 aromatic heterocycles. The number of nitrogens with zero attached hydrogens (tertiary/aromatic N) is 1. The van der Waals surface area contributed by atoms with Crippen molar-refractivity contribution in [1.29, 1.82) is 0 Å². The summed E-state index contributed by atoms with van der Waals surface area (Å²) < 4.78 is 0. The molecule has 2 aromatic carbocycles. The van der Waals surface area contributed by atoms with Gasteiger partial charge in [-0.1, -0.05) is 41.9 Å². The molecule has 2 N–H and O–H groups in total. The van der Waals surface area contributed by atoms with Gasteiger partial charge in [0.05, 0.1) is 11.4 Å². The molecule has 1 unspecified atom stereocenters. The van der Waals surface area contributed by atoms with E-state index in [-0.39, 0.29) is 103 Å². The van der Waals surface area contributed by atoms with Crippen LogP contribution in [0.15, 0.2) is 53.5 Å². The Morgan fingerprint density at radius 1 is 1.12 bits per heavy atom. The predicted molar refractivity (Wildman–Crippen MR) is 97.9 cm³/mol. The number of amides is 1. The molecule has 0 saturated carbocycles. The zero-order valence-corrected chi connectivity index (χ0v) is 12.0. The third-order valence-corrected chi connectivity index (χ3v) is 3.52. The summed E-state index contributed by atoms with van der Waals surface area (Å²) in [4.78, 5) is 27.5. The number of rotatable bonds is 2. The fourth-order valence-corrected chi connectivity index (χ4v) is 2.45. The van der Waals surface area contributed by atoms with Crippen LogP contribution in [0.1, 0.15) is 11.1 Å². The number of fused-ring (bicyclic) bond motifs is 1. The van der Waals surface area contributed by atoms with Gasteiger partial charge in [-0.3, -0.25) is 9.79 Å². The first kappa shape index (κ1) is 22.7. The maximum atomic E-state index is 12.0. The van der Waals surface area contributed by atoms with Crippen LogP contribution in [0.25, 0.3) is 0 Å². The van der Waals surface area contributed by atoms with Crippen LogP contribution in [-0.4, -0.2) is 132 Å². The molecule has 0 saturated heterocycles. The van der Waals surface area contributed by atoms with Crippen molar-refractivity contribution in [1.82, 2.24) is 0 Å². The standard InChI is InChI=1S/C16H11ClN2O3.2K.2H/c17-10-6-7-12-11(8-10)13(9-4-2-1-3-5-9)19-14(16(21)22)15(20)18-12;;;;/h1-8,14H,(H,18,20)(H,21,22);;;;. The minimum absolute atomic E-state index is 0. The predicted octanol–water partition coefficient (Wildman–Crippen LogP) is 1.29. The Kier molecular flexibility index (Phi) is 9.51. The van der Waals surface area contributed by atoms with Crippen LogP contribution in [-0.2, 0) is 9.59 Å². The monoisotopic (exact) mass is 394 g/mol. The number of aliphatic imine (C=N–C) groups is 1. The van der Waals surface area contributed by atoms with E-state index in [4.69, 9.17) is 11.6 Å². The van der Waals surface area contributed by atoms with Crippen molar-refractivity contribution in [2.24, 2.45) is 4.99 Å². The number of anilines is 1. The summed E-state index contributed by atoms with van der Waals surface area (Å²) in [6, 6.07) is 12.5. The quantitative estimate of drug-likeness (QED) is 0.595. The van der Waals surface area contributed by atoms with E-state index in [1.807, 2.05) is 18.2 Å². The van der Waals surface area contributed by atoms with Crippen molar-refractivity contribution in [3.8, 4) is 0 Å². The van der Waals surface area contributed by atoms with Crippen molar-refractivity contribution in [2.75, 3.05) is 5.32 Å². The molecule has 1 atom stereocenters. The van der Waals surface area contributed by atoms with Crippen LogP contribution >= 0.6 is 11.6 Å². The Balaban J connectivity index is 0.00000144. The van der Waals surface area contributed by atoms with Crippen molar-refractivity contribution in [2.45, 2.75) is 6.04 Å². The van der Waals surface area contributed by atoms with Crippen molar-refractivity contribution < 1.29 is 14.7 Å². The van der Waals surface area contributed by atoms with E-state index in [2.05, 4.69) is 10.3 Å². The molecular formula is C16H13ClK2N2O3. The minimum atomic E-state index is -1.50. The topological polar surface area (TPSA) is 78.8 Å². The number of benzodiazepines with no additional fused rings is 1. The Labute approximate surface area is 229 Å². The first-order valence-corrected chi connectivity index (χ1v) is 6.91. The summed E-state index contributed by atoms with van der Waals surface area (Å²) in [5.74, 6) is -1.98. The van der Waals surface area contributed by atoms with E-state index in [1.165, 1.54) is 0 Å². The zero-order valence-electron chi connectivity index (χ0n) is 11.3. The van der Waals surface area contributed by atoms with E-state index in [0.717, 1.165) is 0 Å². The molecule has 1 amide bonds.